The van der Waals surface area contributed by atoms with Gasteiger partial charge in [-0.25, -0.2) is 9.37 Å². The third kappa shape index (κ3) is 5.30. The van der Waals surface area contributed by atoms with Gasteiger partial charge in [-0.2, -0.15) is 0 Å². The van der Waals surface area contributed by atoms with Gasteiger partial charge in [-0.3, -0.25) is 0 Å². The number of halogens is 1. The normalized spacial score (nSPS) is 14.6. The van der Waals surface area contributed by atoms with Crippen LogP contribution in [0.5, 0.6) is 11.6 Å². The first kappa shape index (κ1) is 23.7. The molecule has 0 radical (unpaired) electrons. The summed E-state index contributed by atoms with van der Waals surface area (Å²) in [6.07, 6.45) is 1.68. The maximum Gasteiger partial charge on any atom is 0.213 e. The standard InChI is InChI=1S/C18H19FN4O2S.2C2H6/c1-24-16-6-5-12(9-20-16)21-18(26)22-10-13(11-22)23-7-8-25-17-14(19)3-2-4-15(17)23;2*1-2/h2-6,9,13H,7-8,10-11H2,1H3,(H,21,26);2*1-2H3. The predicted molar refractivity (Wildman–Crippen MR) is 124 cm³/mol. The van der Waals surface area contributed by atoms with Crippen molar-refractivity contribution in [3.8, 4) is 11.6 Å². The van der Waals surface area contributed by atoms with E-state index in [1.165, 1.54) is 6.07 Å². The number of benzene rings is 1. The van der Waals surface area contributed by atoms with Crippen LogP contribution in [-0.2, 0) is 0 Å². The highest BCUT2D eigenvalue weighted by molar-refractivity contribution is 7.80. The zero-order valence-electron chi connectivity index (χ0n) is 18.3. The first-order chi connectivity index (χ1) is 14.7. The van der Waals surface area contributed by atoms with Gasteiger partial charge >= 0.3 is 0 Å². The molecule has 1 fully saturated rings. The lowest BCUT2D eigenvalue weighted by molar-refractivity contribution is 0.218. The van der Waals surface area contributed by atoms with E-state index in [2.05, 4.69) is 20.1 Å². The highest BCUT2D eigenvalue weighted by atomic mass is 32.1. The summed E-state index contributed by atoms with van der Waals surface area (Å²) in [6, 6.07) is 8.99. The molecule has 164 valence electrons. The lowest BCUT2D eigenvalue weighted by atomic mass is 10.1. The third-order valence-electron chi connectivity index (χ3n) is 4.62. The number of nitrogens with zero attached hydrogens (tertiary/aromatic N) is 3. The molecule has 0 spiro atoms. The minimum atomic E-state index is -0.312. The van der Waals surface area contributed by atoms with E-state index < -0.39 is 0 Å². The average Bonchev–Trinajstić information content (AvgIpc) is 2.77. The second-order valence-corrected chi connectivity index (χ2v) is 6.59. The molecule has 8 heteroatoms. The summed E-state index contributed by atoms with van der Waals surface area (Å²) in [5.41, 5.74) is 1.64. The molecule has 30 heavy (non-hydrogen) atoms. The quantitative estimate of drug-likeness (QED) is 0.711. The van der Waals surface area contributed by atoms with Crippen LogP contribution in [0.4, 0.5) is 15.8 Å². The fraction of sp³-hybridized carbons (Fsp3) is 0.455. The molecule has 3 heterocycles. The molecule has 4 rings (SSSR count). The molecule has 1 aromatic heterocycles. The molecule has 0 aliphatic carbocycles. The van der Waals surface area contributed by atoms with Gasteiger partial charge in [0, 0.05) is 19.2 Å². The van der Waals surface area contributed by atoms with E-state index in [-0.39, 0.29) is 11.9 Å². The molecule has 2 aromatic rings. The van der Waals surface area contributed by atoms with Crippen molar-refractivity contribution in [3.63, 3.8) is 0 Å². The Labute approximate surface area is 184 Å². The minimum Gasteiger partial charge on any atom is -0.486 e. The highest BCUT2D eigenvalue weighted by Gasteiger charge is 2.36. The molecule has 0 amide bonds. The van der Waals surface area contributed by atoms with Gasteiger partial charge in [-0.1, -0.05) is 33.8 Å². The van der Waals surface area contributed by atoms with Crippen molar-refractivity contribution in [2.75, 3.05) is 43.6 Å². The topological polar surface area (TPSA) is 49.9 Å². The number of aromatic nitrogens is 1. The van der Waals surface area contributed by atoms with Crippen molar-refractivity contribution in [3.05, 3.63) is 42.3 Å². The predicted octanol–water partition coefficient (Wildman–Crippen LogP) is 4.56. The number of rotatable bonds is 3. The van der Waals surface area contributed by atoms with E-state index in [0.29, 0.717) is 23.3 Å². The summed E-state index contributed by atoms with van der Waals surface area (Å²) in [5.74, 6) is 0.596. The average molecular weight is 435 g/mol. The molecule has 0 unspecified atom stereocenters. The van der Waals surface area contributed by atoms with Gasteiger partial charge in [0.15, 0.2) is 16.7 Å². The number of pyridine rings is 1. The lowest BCUT2D eigenvalue weighted by Crippen LogP contribution is -2.63. The summed E-state index contributed by atoms with van der Waals surface area (Å²) in [5, 5.41) is 3.84. The lowest BCUT2D eigenvalue weighted by Gasteiger charge is -2.48. The third-order valence-corrected chi connectivity index (χ3v) is 4.98. The van der Waals surface area contributed by atoms with E-state index in [1.807, 2.05) is 39.8 Å². The molecule has 2 aliphatic heterocycles. The molecule has 1 saturated heterocycles. The van der Waals surface area contributed by atoms with Crippen LogP contribution >= 0.6 is 12.2 Å². The van der Waals surface area contributed by atoms with E-state index >= 15 is 0 Å². The van der Waals surface area contributed by atoms with Gasteiger partial charge in [-0.15, -0.1) is 0 Å². The van der Waals surface area contributed by atoms with E-state index in [4.69, 9.17) is 21.7 Å². The SMILES string of the molecule is CC.CC.COc1ccc(NC(=S)N2CC(N3CCOc4c(F)cccc43)C2)cn1. The summed E-state index contributed by atoms with van der Waals surface area (Å²) in [4.78, 5) is 8.44. The van der Waals surface area contributed by atoms with Gasteiger partial charge in [-0.05, 0) is 30.4 Å². The van der Waals surface area contributed by atoms with Crippen LogP contribution in [0.25, 0.3) is 0 Å². The first-order valence-electron chi connectivity index (χ1n) is 10.4. The monoisotopic (exact) mass is 434 g/mol. The number of thiocarbonyl (C=S) groups is 1. The van der Waals surface area contributed by atoms with Crippen LogP contribution < -0.4 is 19.7 Å². The molecular weight excluding hydrogens is 403 g/mol. The first-order valence-corrected chi connectivity index (χ1v) is 10.8. The maximum absolute atomic E-state index is 13.9. The molecular formula is C22H31FN4O2S. The van der Waals surface area contributed by atoms with Crippen molar-refractivity contribution in [2.24, 2.45) is 0 Å². The minimum absolute atomic E-state index is 0.285. The van der Waals surface area contributed by atoms with Crippen molar-refractivity contribution in [2.45, 2.75) is 33.7 Å². The zero-order chi connectivity index (χ0) is 22.1. The second kappa shape index (κ2) is 11.5. The molecule has 0 saturated carbocycles. The molecule has 2 aliphatic rings. The largest absolute Gasteiger partial charge is 0.486 e. The van der Waals surface area contributed by atoms with Crippen molar-refractivity contribution in [1.29, 1.82) is 0 Å². The summed E-state index contributed by atoms with van der Waals surface area (Å²) >= 11 is 5.48. The van der Waals surface area contributed by atoms with Gasteiger partial charge < -0.3 is 24.6 Å². The van der Waals surface area contributed by atoms with Gasteiger partial charge in [0.2, 0.25) is 5.88 Å². The number of likely N-dealkylation sites (tertiary alicyclic amines) is 1. The Kier molecular flexibility index (Phi) is 9.11. The smallest absolute Gasteiger partial charge is 0.213 e. The number of ether oxygens (including phenoxy) is 2. The maximum atomic E-state index is 13.9. The van der Waals surface area contributed by atoms with Gasteiger partial charge in [0.1, 0.15) is 6.61 Å². The number of para-hydroxylation sites is 1. The molecule has 0 bridgehead atoms. The molecule has 6 nitrogen and oxygen atoms in total. The fourth-order valence-corrected chi connectivity index (χ4v) is 3.47. The van der Waals surface area contributed by atoms with E-state index in [1.54, 1.807) is 25.4 Å². The Morgan fingerprint density at radius 2 is 1.93 bits per heavy atom. The molecule has 1 aromatic carbocycles. The van der Waals surface area contributed by atoms with Crippen molar-refractivity contribution in [1.82, 2.24) is 9.88 Å². The number of hydrogen-bond donors (Lipinski definition) is 1. The highest BCUT2D eigenvalue weighted by Crippen LogP contribution is 2.36. The van der Waals surface area contributed by atoms with Crippen LogP contribution in [0.3, 0.4) is 0 Å². The van der Waals surface area contributed by atoms with Gasteiger partial charge in [0.25, 0.3) is 0 Å². The van der Waals surface area contributed by atoms with Gasteiger partial charge in [0.05, 0.1) is 37.3 Å². The number of fused-ring (bicyclic) bond motifs is 1. The van der Waals surface area contributed by atoms with Crippen LogP contribution in [0.1, 0.15) is 27.7 Å². The summed E-state index contributed by atoms with van der Waals surface area (Å²) in [6.45, 7) is 10.8. The second-order valence-electron chi connectivity index (χ2n) is 6.21. The van der Waals surface area contributed by atoms with Crippen molar-refractivity contribution >= 4 is 28.7 Å². The fourth-order valence-electron chi connectivity index (χ4n) is 3.21. The number of nitrogens with one attached hydrogen (secondary N) is 1. The number of methoxy groups -OCH3 is 1. The van der Waals surface area contributed by atoms with Crippen LogP contribution in [0.2, 0.25) is 0 Å². The van der Waals surface area contributed by atoms with Crippen molar-refractivity contribution < 1.29 is 13.9 Å². The Morgan fingerprint density at radius 3 is 2.57 bits per heavy atom. The Hall–Kier alpha value is -2.61. The van der Waals surface area contributed by atoms with E-state index in [0.717, 1.165) is 31.0 Å². The van der Waals surface area contributed by atoms with E-state index in [9.17, 15) is 4.39 Å². The Balaban J connectivity index is 0.000000757. The summed E-state index contributed by atoms with van der Waals surface area (Å²) in [7, 11) is 1.58. The van der Waals surface area contributed by atoms with Crippen LogP contribution in [-0.4, -0.2) is 54.4 Å². The Bertz CT molecular complexity index is 813. The van der Waals surface area contributed by atoms with Crippen LogP contribution in [0, 0.1) is 5.82 Å². The van der Waals surface area contributed by atoms with Crippen LogP contribution in [0.15, 0.2) is 36.5 Å². The number of anilines is 2. The molecule has 1 N–H and O–H groups in total. The molecule has 0 atom stereocenters. The Morgan fingerprint density at radius 1 is 1.20 bits per heavy atom. The number of hydrogen-bond acceptors (Lipinski definition) is 5. The summed E-state index contributed by atoms with van der Waals surface area (Å²) < 4.78 is 24.5. The zero-order valence-corrected chi connectivity index (χ0v) is 19.1.